The molecule has 2 aliphatic rings. The van der Waals surface area contributed by atoms with Crippen LogP contribution < -0.4 is 0 Å². The van der Waals surface area contributed by atoms with E-state index in [0.717, 1.165) is 28.4 Å². The lowest BCUT2D eigenvalue weighted by Crippen LogP contribution is -2.49. The number of benzene rings is 1. The van der Waals surface area contributed by atoms with Crippen molar-refractivity contribution >= 4 is 27.8 Å². The van der Waals surface area contributed by atoms with Gasteiger partial charge in [0.1, 0.15) is 5.60 Å². The van der Waals surface area contributed by atoms with Gasteiger partial charge in [-0.2, -0.15) is 0 Å². The van der Waals surface area contributed by atoms with E-state index in [2.05, 4.69) is 15.9 Å². The third kappa shape index (κ3) is 2.48. The molecule has 0 bridgehead atoms. The molecule has 1 aliphatic heterocycles. The molecule has 0 radical (unpaired) electrons. The first-order valence-corrected chi connectivity index (χ1v) is 7.86. The van der Waals surface area contributed by atoms with E-state index in [4.69, 9.17) is 4.74 Å². The zero-order valence-corrected chi connectivity index (χ0v) is 14.0. The fourth-order valence-corrected chi connectivity index (χ4v) is 3.25. The summed E-state index contributed by atoms with van der Waals surface area (Å²) in [6.45, 7) is 5.60. The van der Waals surface area contributed by atoms with Crippen LogP contribution in [0.4, 0.5) is 4.79 Å². The molecule has 1 aromatic carbocycles. The summed E-state index contributed by atoms with van der Waals surface area (Å²) in [5.74, 6) is -0.0270. The highest BCUT2D eigenvalue weighted by Crippen LogP contribution is 2.54. The fourth-order valence-electron chi connectivity index (χ4n) is 2.88. The summed E-state index contributed by atoms with van der Waals surface area (Å²) in [5.41, 5.74) is 0.762. The molecular weight excluding hydrogens is 334 g/mol. The maximum absolute atomic E-state index is 12.4. The van der Waals surface area contributed by atoms with E-state index < -0.39 is 11.7 Å². The van der Waals surface area contributed by atoms with Crippen LogP contribution in [0.5, 0.6) is 0 Å². The molecule has 1 spiro atoms. The Labute approximate surface area is 132 Å². The number of rotatable bonds is 0. The second-order valence-electron chi connectivity index (χ2n) is 6.71. The van der Waals surface area contributed by atoms with Gasteiger partial charge in [-0.05, 0) is 57.4 Å². The molecule has 112 valence electrons. The number of Topliss-reactive ketones (excluding diaryl/α,β-unsaturated/α-hetero) is 1. The molecule has 1 aromatic rings. The van der Waals surface area contributed by atoms with Crippen LogP contribution in [0.25, 0.3) is 0 Å². The van der Waals surface area contributed by atoms with Crippen LogP contribution in [-0.4, -0.2) is 28.9 Å². The Hall–Kier alpha value is -1.36. The normalized spacial score (nSPS) is 19.4. The fraction of sp³-hybridized carbons (Fsp3) is 0.500. The molecule has 1 aliphatic carbocycles. The standard InChI is InChI=1S/C16H18BrNO3/c1-15(2,3)21-14(20)18-9-13(19)11-5-4-10(17)8-12(11)16(18)6-7-16/h4-5,8H,6-7,9H2,1-3H3. The molecule has 3 rings (SSSR count). The number of hydrogen-bond acceptors (Lipinski definition) is 3. The molecular formula is C16H18BrNO3. The van der Waals surface area contributed by atoms with E-state index in [1.54, 1.807) is 4.90 Å². The lowest BCUT2D eigenvalue weighted by atomic mass is 9.90. The first-order valence-electron chi connectivity index (χ1n) is 7.07. The monoisotopic (exact) mass is 351 g/mol. The molecule has 0 saturated heterocycles. The van der Waals surface area contributed by atoms with E-state index in [0.29, 0.717) is 0 Å². The molecule has 5 heteroatoms. The van der Waals surface area contributed by atoms with E-state index in [9.17, 15) is 9.59 Å². The number of ether oxygens (including phenoxy) is 1. The highest BCUT2D eigenvalue weighted by Gasteiger charge is 2.56. The van der Waals surface area contributed by atoms with Crippen molar-refractivity contribution in [2.45, 2.75) is 44.8 Å². The Morgan fingerprint density at radius 3 is 2.57 bits per heavy atom. The summed E-state index contributed by atoms with van der Waals surface area (Å²) in [5, 5.41) is 0. The van der Waals surface area contributed by atoms with Crippen molar-refractivity contribution in [1.29, 1.82) is 0 Å². The Kier molecular flexibility index (Phi) is 3.17. The molecule has 1 heterocycles. The number of fused-ring (bicyclic) bond motifs is 2. The topological polar surface area (TPSA) is 46.6 Å². The summed E-state index contributed by atoms with van der Waals surface area (Å²) < 4.78 is 6.39. The lowest BCUT2D eigenvalue weighted by Gasteiger charge is -2.38. The van der Waals surface area contributed by atoms with Crippen LogP contribution in [0, 0.1) is 0 Å². The van der Waals surface area contributed by atoms with Gasteiger partial charge in [0, 0.05) is 10.0 Å². The lowest BCUT2D eigenvalue weighted by molar-refractivity contribution is 0.0107. The number of nitrogens with zero attached hydrogens (tertiary/aromatic N) is 1. The first kappa shape index (κ1) is 14.6. The van der Waals surface area contributed by atoms with Crippen molar-refractivity contribution in [2.24, 2.45) is 0 Å². The number of amides is 1. The van der Waals surface area contributed by atoms with Crippen LogP contribution >= 0.6 is 15.9 Å². The number of halogens is 1. The van der Waals surface area contributed by atoms with E-state index in [1.807, 2.05) is 39.0 Å². The molecule has 21 heavy (non-hydrogen) atoms. The van der Waals surface area contributed by atoms with Crippen molar-refractivity contribution in [2.75, 3.05) is 6.54 Å². The predicted octanol–water partition coefficient (Wildman–Crippen LogP) is 3.87. The maximum Gasteiger partial charge on any atom is 0.411 e. The minimum Gasteiger partial charge on any atom is -0.444 e. The largest absolute Gasteiger partial charge is 0.444 e. The second-order valence-corrected chi connectivity index (χ2v) is 7.63. The Bertz CT molecular complexity index is 629. The summed E-state index contributed by atoms with van der Waals surface area (Å²) in [6, 6.07) is 5.67. The minimum absolute atomic E-state index is 0.0270. The van der Waals surface area contributed by atoms with E-state index >= 15 is 0 Å². The third-order valence-corrected chi connectivity index (χ3v) is 4.43. The Morgan fingerprint density at radius 2 is 2.00 bits per heavy atom. The molecule has 1 saturated carbocycles. The van der Waals surface area contributed by atoms with Gasteiger partial charge in [-0.3, -0.25) is 9.69 Å². The molecule has 4 nitrogen and oxygen atoms in total. The summed E-state index contributed by atoms with van der Waals surface area (Å²) in [6.07, 6.45) is 1.35. The summed E-state index contributed by atoms with van der Waals surface area (Å²) in [4.78, 5) is 26.4. The van der Waals surface area contributed by atoms with E-state index in [-0.39, 0.29) is 17.9 Å². The third-order valence-electron chi connectivity index (χ3n) is 3.94. The van der Waals surface area contributed by atoms with Crippen LogP contribution in [0.1, 0.15) is 49.5 Å². The molecule has 0 atom stereocenters. The molecule has 1 amide bonds. The highest BCUT2D eigenvalue weighted by atomic mass is 79.9. The van der Waals surface area contributed by atoms with E-state index in [1.165, 1.54) is 0 Å². The van der Waals surface area contributed by atoms with Gasteiger partial charge in [-0.15, -0.1) is 0 Å². The van der Waals surface area contributed by atoms with Crippen molar-refractivity contribution in [3.63, 3.8) is 0 Å². The van der Waals surface area contributed by atoms with Crippen LogP contribution in [-0.2, 0) is 10.3 Å². The quantitative estimate of drug-likeness (QED) is 0.712. The van der Waals surface area contributed by atoms with Gasteiger partial charge < -0.3 is 4.74 Å². The smallest absolute Gasteiger partial charge is 0.411 e. The van der Waals surface area contributed by atoms with Gasteiger partial charge in [0.05, 0.1) is 12.1 Å². The van der Waals surface area contributed by atoms with Gasteiger partial charge in [0.2, 0.25) is 0 Å². The van der Waals surface area contributed by atoms with Crippen molar-refractivity contribution in [1.82, 2.24) is 4.90 Å². The van der Waals surface area contributed by atoms with Gasteiger partial charge in [0.25, 0.3) is 0 Å². The number of carbonyl (C=O) groups is 2. The average molecular weight is 352 g/mol. The van der Waals surface area contributed by atoms with Crippen molar-refractivity contribution < 1.29 is 14.3 Å². The minimum atomic E-state index is -0.562. The molecule has 0 aromatic heterocycles. The van der Waals surface area contributed by atoms with Crippen molar-refractivity contribution in [3.05, 3.63) is 33.8 Å². The van der Waals surface area contributed by atoms with Crippen molar-refractivity contribution in [3.8, 4) is 0 Å². The van der Waals surface area contributed by atoms with Crippen LogP contribution in [0.3, 0.4) is 0 Å². The Morgan fingerprint density at radius 1 is 1.33 bits per heavy atom. The Balaban J connectivity index is 1.99. The van der Waals surface area contributed by atoms with Gasteiger partial charge in [-0.1, -0.05) is 15.9 Å². The van der Waals surface area contributed by atoms with Crippen LogP contribution in [0.15, 0.2) is 22.7 Å². The zero-order valence-electron chi connectivity index (χ0n) is 12.4. The SMILES string of the molecule is CC(C)(C)OC(=O)N1CC(=O)c2ccc(Br)cc2C12CC2. The van der Waals surface area contributed by atoms with Gasteiger partial charge in [0.15, 0.2) is 5.78 Å². The summed E-state index contributed by atoms with van der Waals surface area (Å²) >= 11 is 3.45. The second kappa shape index (κ2) is 4.57. The van der Waals surface area contributed by atoms with Gasteiger partial charge >= 0.3 is 6.09 Å². The molecule has 0 unspecified atom stereocenters. The number of hydrogen-bond donors (Lipinski definition) is 0. The van der Waals surface area contributed by atoms with Crippen LogP contribution in [0.2, 0.25) is 0 Å². The molecule has 0 N–H and O–H groups in total. The zero-order chi connectivity index (χ0) is 15.4. The van der Waals surface area contributed by atoms with Gasteiger partial charge in [-0.25, -0.2) is 4.79 Å². The number of ketones is 1. The number of carbonyl (C=O) groups excluding carboxylic acids is 2. The average Bonchev–Trinajstić information content (AvgIpc) is 3.13. The maximum atomic E-state index is 12.4. The predicted molar refractivity (Wildman–Crippen MR) is 82.3 cm³/mol. The molecule has 1 fully saturated rings. The first-order chi connectivity index (χ1) is 9.73. The summed E-state index contributed by atoms with van der Waals surface area (Å²) in [7, 11) is 0. The highest BCUT2D eigenvalue weighted by molar-refractivity contribution is 9.10.